The quantitative estimate of drug-likeness (QED) is 0.494. The van der Waals surface area contributed by atoms with Crippen LogP contribution in [0.15, 0.2) is 48.5 Å². The largest absolute Gasteiger partial charge is 0.440 e. The van der Waals surface area contributed by atoms with Gasteiger partial charge in [0.15, 0.2) is 6.73 Å². The van der Waals surface area contributed by atoms with Crippen molar-refractivity contribution in [1.82, 2.24) is 9.88 Å². The summed E-state index contributed by atoms with van der Waals surface area (Å²) in [7, 11) is 0. The number of aromatic nitrogens is 1. The van der Waals surface area contributed by atoms with E-state index < -0.39 is 24.5 Å². The maximum atomic E-state index is 13.2. The van der Waals surface area contributed by atoms with Gasteiger partial charge in [0.2, 0.25) is 0 Å². The highest BCUT2D eigenvalue weighted by molar-refractivity contribution is 6.21. The summed E-state index contributed by atoms with van der Waals surface area (Å²) in [4.78, 5) is 44.0. The number of para-hydroxylation sites is 1. The zero-order valence-electron chi connectivity index (χ0n) is 16.6. The predicted octanol–water partition coefficient (Wildman–Crippen LogP) is 3.77. The molecule has 6 heteroatoms. The number of carbonyl (C=O) groups is 3. The molecule has 5 rings (SSSR count). The summed E-state index contributed by atoms with van der Waals surface area (Å²) in [6.45, 7) is 1.75. The second-order valence-corrected chi connectivity index (χ2v) is 7.92. The average molecular weight is 400 g/mol. The lowest BCUT2D eigenvalue weighted by molar-refractivity contribution is 0.0228. The first-order valence-electron chi connectivity index (χ1n) is 10.1. The van der Waals surface area contributed by atoms with E-state index in [2.05, 4.69) is 6.92 Å². The number of aryl methyl sites for hydroxylation is 1. The molecule has 0 bridgehead atoms. The molecule has 2 aromatic carbocycles. The van der Waals surface area contributed by atoms with E-state index in [1.54, 1.807) is 24.3 Å². The van der Waals surface area contributed by atoms with Crippen molar-refractivity contribution >= 4 is 28.7 Å². The zero-order valence-corrected chi connectivity index (χ0v) is 16.6. The van der Waals surface area contributed by atoms with Crippen molar-refractivity contribution in [2.45, 2.75) is 26.2 Å². The number of imide groups is 1. The Bertz CT molecular complexity index is 1180. The summed E-state index contributed by atoms with van der Waals surface area (Å²) in [6, 6.07) is 14.1. The van der Waals surface area contributed by atoms with Crippen LogP contribution in [-0.2, 0) is 17.6 Å². The van der Waals surface area contributed by atoms with Crippen molar-refractivity contribution in [3.63, 3.8) is 0 Å². The van der Waals surface area contributed by atoms with Gasteiger partial charge < -0.3 is 4.74 Å². The van der Waals surface area contributed by atoms with Gasteiger partial charge in [-0.05, 0) is 48.9 Å². The summed E-state index contributed by atoms with van der Waals surface area (Å²) in [5, 5.41) is 0.734. The number of benzene rings is 2. The molecule has 0 radical (unpaired) electrons. The van der Waals surface area contributed by atoms with E-state index in [1.165, 1.54) is 0 Å². The zero-order chi connectivity index (χ0) is 20.8. The highest BCUT2D eigenvalue weighted by Crippen LogP contribution is 2.32. The maximum Gasteiger partial charge on any atom is 0.340 e. The highest BCUT2D eigenvalue weighted by atomic mass is 16.5. The van der Waals surface area contributed by atoms with Gasteiger partial charge in [-0.2, -0.15) is 0 Å². The Morgan fingerprint density at radius 1 is 1.07 bits per heavy atom. The van der Waals surface area contributed by atoms with Gasteiger partial charge in [-0.15, -0.1) is 0 Å². The molecule has 0 N–H and O–H groups in total. The lowest BCUT2D eigenvalue weighted by Crippen LogP contribution is -2.33. The number of pyridine rings is 1. The second-order valence-electron chi connectivity index (χ2n) is 7.92. The van der Waals surface area contributed by atoms with Crippen molar-refractivity contribution in [2.75, 3.05) is 6.73 Å². The lowest BCUT2D eigenvalue weighted by atomic mass is 9.84. The minimum atomic E-state index is -0.532. The van der Waals surface area contributed by atoms with Gasteiger partial charge in [0.1, 0.15) is 0 Å². The summed E-state index contributed by atoms with van der Waals surface area (Å²) in [6.07, 6.45) is 2.60. The van der Waals surface area contributed by atoms with Crippen LogP contribution in [0.25, 0.3) is 10.9 Å². The minimum Gasteiger partial charge on any atom is -0.440 e. The summed E-state index contributed by atoms with van der Waals surface area (Å²) in [5.41, 5.74) is 3.76. The lowest BCUT2D eigenvalue weighted by Gasteiger charge is -2.24. The van der Waals surface area contributed by atoms with Gasteiger partial charge in [-0.3, -0.25) is 14.6 Å². The Kier molecular flexibility index (Phi) is 4.35. The molecule has 0 fully saturated rings. The minimum absolute atomic E-state index is 0.333. The smallest absolute Gasteiger partial charge is 0.340 e. The summed E-state index contributed by atoms with van der Waals surface area (Å²) < 4.78 is 5.51. The number of fused-ring (bicyclic) bond motifs is 3. The molecule has 0 saturated heterocycles. The van der Waals surface area contributed by atoms with Crippen LogP contribution in [-0.4, -0.2) is 34.4 Å². The van der Waals surface area contributed by atoms with E-state index in [4.69, 9.17) is 9.72 Å². The molecule has 3 aromatic rings. The van der Waals surface area contributed by atoms with Crippen LogP contribution >= 0.6 is 0 Å². The van der Waals surface area contributed by atoms with Crippen LogP contribution in [0.3, 0.4) is 0 Å². The summed E-state index contributed by atoms with van der Waals surface area (Å²) in [5.74, 6) is -0.976. The van der Waals surface area contributed by atoms with Crippen LogP contribution in [0.1, 0.15) is 55.7 Å². The Balaban J connectivity index is 1.47. The van der Waals surface area contributed by atoms with Crippen molar-refractivity contribution in [3.05, 3.63) is 76.5 Å². The third-order valence-electron chi connectivity index (χ3n) is 5.91. The molecule has 1 aliphatic heterocycles. The third kappa shape index (κ3) is 2.87. The SMILES string of the molecule is CC1CCc2nc3ccccc3c(C(=O)OCN3C(=O)c4ccccc4C3=O)c2C1. The van der Waals surface area contributed by atoms with Crippen molar-refractivity contribution in [3.8, 4) is 0 Å². The molecule has 150 valence electrons. The monoisotopic (exact) mass is 400 g/mol. The molecular formula is C24H20N2O4. The molecule has 2 aliphatic rings. The van der Waals surface area contributed by atoms with E-state index in [-0.39, 0.29) is 0 Å². The molecule has 0 saturated carbocycles. The molecule has 2 amide bonds. The van der Waals surface area contributed by atoms with E-state index in [1.807, 2.05) is 24.3 Å². The summed E-state index contributed by atoms with van der Waals surface area (Å²) >= 11 is 0. The normalized spacial score (nSPS) is 17.8. The van der Waals surface area contributed by atoms with Crippen LogP contribution in [0.4, 0.5) is 0 Å². The molecule has 1 aliphatic carbocycles. The first-order valence-corrected chi connectivity index (χ1v) is 10.1. The molecule has 0 spiro atoms. The number of rotatable bonds is 3. The van der Waals surface area contributed by atoms with Crippen LogP contribution < -0.4 is 0 Å². The van der Waals surface area contributed by atoms with Crippen LogP contribution in [0.2, 0.25) is 0 Å². The molecule has 1 aromatic heterocycles. The van der Waals surface area contributed by atoms with Gasteiger partial charge in [-0.1, -0.05) is 37.3 Å². The van der Waals surface area contributed by atoms with Gasteiger partial charge in [0, 0.05) is 11.1 Å². The first-order chi connectivity index (χ1) is 14.5. The van der Waals surface area contributed by atoms with E-state index in [0.717, 1.165) is 46.3 Å². The first kappa shape index (κ1) is 18.5. The molecule has 6 nitrogen and oxygen atoms in total. The van der Waals surface area contributed by atoms with E-state index in [0.29, 0.717) is 22.6 Å². The van der Waals surface area contributed by atoms with Crippen LogP contribution in [0.5, 0.6) is 0 Å². The molecule has 1 atom stereocenters. The fourth-order valence-corrected chi connectivity index (χ4v) is 4.35. The number of hydrogen-bond acceptors (Lipinski definition) is 5. The predicted molar refractivity (Wildman–Crippen MR) is 110 cm³/mol. The van der Waals surface area contributed by atoms with Crippen molar-refractivity contribution in [1.29, 1.82) is 0 Å². The van der Waals surface area contributed by atoms with E-state index >= 15 is 0 Å². The van der Waals surface area contributed by atoms with E-state index in [9.17, 15) is 14.4 Å². The number of amides is 2. The van der Waals surface area contributed by atoms with Crippen LogP contribution in [0, 0.1) is 5.92 Å². The number of carbonyl (C=O) groups excluding carboxylic acids is 3. The fourth-order valence-electron chi connectivity index (χ4n) is 4.35. The number of hydrogen-bond donors (Lipinski definition) is 0. The Hall–Kier alpha value is -3.54. The van der Waals surface area contributed by atoms with Gasteiger partial charge in [0.05, 0.1) is 22.2 Å². The number of esters is 1. The van der Waals surface area contributed by atoms with Gasteiger partial charge in [-0.25, -0.2) is 9.69 Å². The second kappa shape index (κ2) is 7.06. The number of nitrogens with zero attached hydrogens (tertiary/aromatic N) is 2. The number of ether oxygens (including phenoxy) is 1. The van der Waals surface area contributed by atoms with Gasteiger partial charge >= 0.3 is 5.97 Å². The van der Waals surface area contributed by atoms with Crippen molar-refractivity contribution in [2.24, 2.45) is 5.92 Å². The molecule has 30 heavy (non-hydrogen) atoms. The third-order valence-corrected chi connectivity index (χ3v) is 5.91. The maximum absolute atomic E-state index is 13.2. The highest BCUT2D eigenvalue weighted by Gasteiger charge is 2.36. The molecular weight excluding hydrogens is 380 g/mol. The Labute approximate surface area is 173 Å². The molecule has 1 unspecified atom stereocenters. The average Bonchev–Trinajstić information content (AvgIpc) is 3.00. The topological polar surface area (TPSA) is 76.6 Å². The Morgan fingerprint density at radius 3 is 2.47 bits per heavy atom. The Morgan fingerprint density at radius 2 is 1.73 bits per heavy atom. The molecule has 2 heterocycles. The van der Waals surface area contributed by atoms with Crippen molar-refractivity contribution < 1.29 is 19.1 Å². The standard InChI is InChI=1S/C24H20N2O4/c1-14-10-11-20-18(12-14)21(17-8-4-5-9-19(17)25-20)24(29)30-13-26-22(27)15-6-2-3-7-16(15)23(26)28/h2-9,14H,10-13H2,1H3. The fraction of sp³-hybridized carbons (Fsp3) is 0.250. The van der Waals surface area contributed by atoms with Gasteiger partial charge in [0.25, 0.3) is 11.8 Å².